The maximum Gasteiger partial charge on any atom is 0.342 e. The molecule has 4 aromatic rings. The van der Waals surface area contributed by atoms with Crippen molar-refractivity contribution < 1.29 is 28.5 Å². The van der Waals surface area contributed by atoms with E-state index in [2.05, 4.69) is 40.4 Å². The number of carbonyl (C=O) groups excluding carboxylic acids is 1. The fraction of sp³-hybridized carbons (Fsp3) is 0.400. The van der Waals surface area contributed by atoms with Crippen molar-refractivity contribution in [2.45, 2.75) is 87.6 Å². The summed E-state index contributed by atoms with van der Waals surface area (Å²) in [5, 5.41) is 12.1. The molecular weight excluding hydrogens is 801 g/mol. The second-order valence-electron chi connectivity index (χ2n) is 17.2. The highest BCUT2D eigenvalue weighted by Gasteiger charge is 2.69. The van der Waals surface area contributed by atoms with Crippen molar-refractivity contribution in [2.75, 3.05) is 23.8 Å². The molecule has 7 aliphatic heterocycles. The minimum atomic E-state index is -1.16. The number of phenolic OH excluding ortho intramolecular Hbond substituents is 1. The number of hydrogen-bond donors (Lipinski definition) is 3. The molecule has 2 fully saturated rings. The van der Waals surface area contributed by atoms with Crippen LogP contribution in [0.15, 0.2) is 80.2 Å². The lowest BCUT2D eigenvalue weighted by Crippen LogP contribution is -2.55. The summed E-state index contributed by atoms with van der Waals surface area (Å²) in [7, 11) is 3.32. The molecule has 7 atom stereocenters. The Balaban J connectivity index is 0.986. The quantitative estimate of drug-likeness (QED) is 0.0818. The number of aryl methyl sites for hydroxylation is 2. The predicted octanol–water partition coefficient (Wildman–Crippen LogP) is 6.89. The first-order valence-corrected chi connectivity index (χ1v) is 23.0. The van der Waals surface area contributed by atoms with Crippen molar-refractivity contribution in [3.05, 3.63) is 104 Å². The molecule has 5 N–H and O–H groups in total. The molecule has 8 aliphatic rings. The zero-order valence-electron chi connectivity index (χ0n) is 33.2. The van der Waals surface area contributed by atoms with Gasteiger partial charge >= 0.3 is 5.97 Å². The Kier molecular flexibility index (Phi) is 8.74. The Morgan fingerprint density at radius 1 is 1.05 bits per heavy atom. The van der Waals surface area contributed by atoms with Gasteiger partial charge in [-0.1, -0.05) is 33.7 Å². The van der Waals surface area contributed by atoms with Crippen LogP contribution >= 0.6 is 21.6 Å². The molecule has 60 heavy (non-hydrogen) atoms. The van der Waals surface area contributed by atoms with Gasteiger partial charge in [-0.15, -0.1) is 0 Å². The number of allylic oxidation sites excluding steroid dienone is 2. The van der Waals surface area contributed by atoms with Gasteiger partial charge in [-0.05, 0) is 75.3 Å². The monoisotopic (exact) mass is 844 g/mol. The summed E-state index contributed by atoms with van der Waals surface area (Å²) < 4.78 is 26.1. The maximum atomic E-state index is 14.8. The van der Waals surface area contributed by atoms with E-state index in [9.17, 15) is 14.7 Å². The Morgan fingerprint density at radius 2 is 1.93 bits per heavy atom. The molecule has 1 spiro atoms. The number of aromatic hydroxyl groups is 1. The molecule has 6 bridgehead atoms. The second kappa shape index (κ2) is 13.9. The molecule has 1 aliphatic carbocycles. The number of benzene rings is 1. The standard InChI is InChI=1S/C45H44N6O7S2/c1-22-13-32(52)38-33(55-22)17-34-39(40(38)53)37-24-4-6-26(7-5-24)45-35(58-45)8-3-23-14-30(50-36(46)15-23)28-16-27(19-51-18-25-9-11-48-31(25)20-51)49-42(47)29(28)21-60-59-12-10-44(2,57-34)41(37)56-43(45)54/h4,6,9,11,13-17,20,24,26,35,37,41,53H,3,5,7-8,10,12,18-19,21H2,1-2H3,(H2,46,50)(H2,47,49)/t24-,26+,35+,37-,41+,44-,45+/m0/s1. The van der Waals surface area contributed by atoms with Crippen molar-refractivity contribution >= 4 is 56.4 Å². The van der Waals surface area contributed by atoms with E-state index in [1.807, 2.05) is 25.3 Å². The summed E-state index contributed by atoms with van der Waals surface area (Å²) in [6.07, 6.45) is 12.1. The van der Waals surface area contributed by atoms with Crippen LogP contribution in [0.2, 0.25) is 0 Å². The van der Waals surface area contributed by atoms with E-state index in [0.717, 1.165) is 46.7 Å². The minimum absolute atomic E-state index is 0.0914. The molecule has 13 nitrogen and oxygen atoms in total. The topological polar surface area (TPSA) is 192 Å². The van der Waals surface area contributed by atoms with Crippen molar-refractivity contribution in [3.8, 4) is 22.8 Å². The highest BCUT2D eigenvalue weighted by atomic mass is 33.1. The number of phenols is 1. The van der Waals surface area contributed by atoms with Gasteiger partial charge in [0.1, 0.15) is 51.6 Å². The van der Waals surface area contributed by atoms with Crippen molar-refractivity contribution in [3.63, 3.8) is 0 Å². The third-order valence-electron chi connectivity index (χ3n) is 13.4. The molecule has 0 amide bonds. The number of pyridine rings is 2. The van der Waals surface area contributed by atoms with E-state index in [-0.39, 0.29) is 34.0 Å². The summed E-state index contributed by atoms with van der Waals surface area (Å²) in [6.45, 7) is 4.99. The van der Waals surface area contributed by atoms with Crippen LogP contribution in [0.4, 0.5) is 11.6 Å². The molecule has 10 heterocycles. The normalized spacial score (nSPS) is 30.1. The van der Waals surface area contributed by atoms with Gasteiger partial charge in [-0.2, -0.15) is 0 Å². The molecule has 308 valence electrons. The average molecular weight is 845 g/mol. The molecule has 0 radical (unpaired) electrons. The molecule has 12 rings (SSSR count). The van der Waals surface area contributed by atoms with Gasteiger partial charge in [-0.25, -0.2) is 14.8 Å². The Morgan fingerprint density at radius 3 is 2.77 bits per heavy atom. The first-order valence-electron chi connectivity index (χ1n) is 20.5. The van der Waals surface area contributed by atoms with Gasteiger partial charge in [0.15, 0.2) is 11.0 Å². The lowest BCUT2D eigenvalue weighted by atomic mass is 9.68. The van der Waals surface area contributed by atoms with Crippen LogP contribution in [0.5, 0.6) is 11.5 Å². The number of fused-ring (bicyclic) bond motifs is 8. The lowest BCUT2D eigenvalue weighted by molar-refractivity contribution is -0.174. The fourth-order valence-corrected chi connectivity index (χ4v) is 12.7. The summed E-state index contributed by atoms with van der Waals surface area (Å²) in [5.74, 6) is 1.47. The predicted molar refractivity (Wildman–Crippen MR) is 232 cm³/mol. The largest absolute Gasteiger partial charge is 0.507 e. The van der Waals surface area contributed by atoms with Crippen molar-refractivity contribution in [1.29, 1.82) is 0 Å². The number of nitrogens with two attached hydrogens (primary N) is 2. The van der Waals surface area contributed by atoms with Crippen LogP contribution in [0.3, 0.4) is 0 Å². The highest BCUT2D eigenvalue weighted by molar-refractivity contribution is 8.76. The molecule has 2 saturated heterocycles. The number of anilines is 2. The first-order chi connectivity index (χ1) is 29.0. The Labute approximate surface area is 353 Å². The Bertz CT molecular complexity index is 2710. The summed E-state index contributed by atoms with van der Waals surface area (Å²) in [5.41, 5.74) is 18.0. The minimum Gasteiger partial charge on any atom is -0.507 e. The third-order valence-corrected chi connectivity index (χ3v) is 15.7. The van der Waals surface area contributed by atoms with Crippen LogP contribution in [-0.4, -0.2) is 67.9 Å². The van der Waals surface area contributed by atoms with Gasteiger partial charge in [0.2, 0.25) is 0 Å². The fourth-order valence-electron chi connectivity index (χ4n) is 10.4. The van der Waals surface area contributed by atoms with Crippen molar-refractivity contribution in [1.82, 2.24) is 14.9 Å². The number of epoxide rings is 1. The molecular formula is C45H44N6O7S2. The number of nitrogen functional groups attached to an aromatic ring is 2. The highest BCUT2D eigenvalue weighted by Crippen LogP contribution is 2.59. The van der Waals surface area contributed by atoms with Gasteiger partial charge in [0, 0.05) is 83.1 Å². The zero-order valence-corrected chi connectivity index (χ0v) is 34.8. The van der Waals surface area contributed by atoms with Gasteiger partial charge in [-0.3, -0.25) is 9.79 Å². The third kappa shape index (κ3) is 6.05. The number of hydrogen-bond acceptors (Lipinski definition) is 15. The first kappa shape index (κ1) is 37.7. The molecule has 1 aromatic carbocycles. The lowest BCUT2D eigenvalue weighted by Gasteiger charge is -2.48. The number of ether oxygens (including phenoxy) is 3. The van der Waals surface area contributed by atoms with Crippen LogP contribution in [0.1, 0.15) is 66.7 Å². The van der Waals surface area contributed by atoms with Gasteiger partial charge in [0.25, 0.3) is 0 Å². The van der Waals surface area contributed by atoms with E-state index in [1.165, 1.54) is 11.6 Å². The van der Waals surface area contributed by atoms with Crippen LogP contribution in [-0.2, 0) is 33.0 Å². The Hall–Kier alpha value is -5.25. The molecule has 3 aromatic heterocycles. The number of aromatic nitrogens is 2. The van der Waals surface area contributed by atoms with E-state index in [0.29, 0.717) is 72.4 Å². The number of esters is 1. The number of aliphatic imine (C=N–C) groups is 1. The summed E-state index contributed by atoms with van der Waals surface area (Å²) in [6, 6.07) is 9.12. The van der Waals surface area contributed by atoms with Crippen molar-refractivity contribution in [2.24, 2.45) is 16.8 Å². The summed E-state index contributed by atoms with van der Waals surface area (Å²) >= 11 is 0. The number of rotatable bonds is 2. The van der Waals surface area contributed by atoms with E-state index in [4.69, 9.17) is 40.1 Å². The maximum absolute atomic E-state index is 14.8. The second-order valence-corrected chi connectivity index (χ2v) is 19.8. The number of nitrogens with zero attached hydrogens (tertiary/aromatic N) is 4. The van der Waals surface area contributed by atoms with Gasteiger partial charge < -0.3 is 40.1 Å². The summed E-state index contributed by atoms with van der Waals surface area (Å²) in [4.78, 5) is 44.5. The van der Waals surface area contributed by atoms with E-state index >= 15 is 0 Å². The zero-order chi connectivity index (χ0) is 41.1. The smallest absolute Gasteiger partial charge is 0.342 e. The number of carbonyl (C=O) groups is 1. The molecule has 15 heteroatoms. The molecule has 0 saturated carbocycles. The average Bonchev–Trinajstić information content (AvgIpc) is 3.55. The van der Waals surface area contributed by atoms with Gasteiger partial charge in [0.05, 0.1) is 29.7 Å². The van der Waals surface area contributed by atoms with Crippen LogP contribution < -0.4 is 21.6 Å². The van der Waals surface area contributed by atoms with E-state index in [1.54, 1.807) is 34.6 Å². The van der Waals surface area contributed by atoms with E-state index < -0.39 is 35.3 Å². The van der Waals surface area contributed by atoms with Crippen LogP contribution in [0, 0.1) is 18.8 Å². The van der Waals surface area contributed by atoms with Crippen LogP contribution in [0.25, 0.3) is 22.2 Å². The SMILES string of the molecule is Cc1cc(=O)c2c(O)c3c(cc2o1)O[C@@]1(C)CCSSCc2c(cc(CN4C=C5N=CC=C5C4)nc2N)-c2cc(cc(N)n2)CC[C@H]2O[C@@]24C(=O)O[C@@H]1[C@H]3[C@H]1C=C[C@@H]4CC1. The molecule has 0 unspecified atom stereocenters.